The van der Waals surface area contributed by atoms with Gasteiger partial charge in [-0.1, -0.05) is 204 Å². The van der Waals surface area contributed by atoms with Crippen molar-refractivity contribution in [2.45, 2.75) is 496 Å². The number of carbonyl (C=O) groups is 5. The maximum atomic E-state index is 12.4. The highest BCUT2D eigenvalue weighted by molar-refractivity contribution is 5.78. The lowest BCUT2D eigenvalue weighted by molar-refractivity contribution is -0.173. The summed E-state index contributed by atoms with van der Waals surface area (Å²) in [5.41, 5.74) is -2.74. The zero-order valence-corrected chi connectivity index (χ0v) is 61.3. The van der Waals surface area contributed by atoms with Crippen LogP contribution < -0.4 is 0 Å². The predicted octanol–water partition coefficient (Wildman–Crippen LogP) is 28.2. The van der Waals surface area contributed by atoms with Crippen LogP contribution in [-0.4, -0.2) is 57.9 Å². The molecule has 0 spiro atoms. The van der Waals surface area contributed by atoms with E-state index in [1.807, 2.05) is 90.0 Å². The first-order valence-electron chi connectivity index (χ1n) is 36.7. The Labute approximate surface area is 597 Å². The fourth-order valence-electron chi connectivity index (χ4n) is 11.8. The summed E-state index contributed by atoms with van der Waals surface area (Å²) in [5.74, 6) is -0.110. The molecule has 576 valence electrons. The van der Waals surface area contributed by atoms with Gasteiger partial charge in [0.15, 0.2) is 0 Å². The molecule has 0 radical (unpaired) electrons. The van der Waals surface area contributed by atoms with Gasteiger partial charge >= 0.3 is 29.8 Å². The SMILES string of the molecule is C.C.C.C.C.C.C.C.CCC(C)(C)C(=O)OC1(C)CCCC1.CCC(C)(C)C(=O)OC1(C)CCCCCC1.CCC(C)(C)C(=O)OC1(C)CCCCCCCCC1.CCC(C)(C)C(=O)OC1(C)CCCCCCCCCCC1.CCC1(OC(=O)C(C)(C)CC)CCCCCC1. The van der Waals surface area contributed by atoms with Crippen molar-refractivity contribution in [3.63, 3.8) is 0 Å². The Morgan fingerprint density at radius 1 is 0.232 bits per heavy atom. The largest absolute Gasteiger partial charge is 0.459 e. The monoisotopic (exact) mass is 1360 g/mol. The molecule has 5 rings (SSSR count). The third kappa shape index (κ3) is 42.3. The van der Waals surface area contributed by atoms with Crippen LogP contribution in [-0.2, 0) is 47.7 Å². The second kappa shape index (κ2) is 52.4. The summed E-state index contributed by atoms with van der Waals surface area (Å²) in [4.78, 5) is 60.8. The second-order valence-electron chi connectivity index (χ2n) is 32.2. The van der Waals surface area contributed by atoms with E-state index in [0.717, 1.165) is 103 Å². The number of rotatable bonds is 16. The highest BCUT2D eigenvalue weighted by atomic mass is 16.6. The van der Waals surface area contributed by atoms with Gasteiger partial charge in [0.05, 0.1) is 27.1 Å². The Bertz CT molecular complexity index is 1900. The molecule has 0 aromatic rings. The number of carbonyl (C=O) groups excluding carboxylic acids is 5. The molecule has 0 heterocycles. The molecule has 5 saturated carbocycles. The van der Waals surface area contributed by atoms with Crippen molar-refractivity contribution in [1.29, 1.82) is 0 Å². The van der Waals surface area contributed by atoms with Crippen LogP contribution in [0.2, 0.25) is 0 Å². The van der Waals surface area contributed by atoms with Crippen LogP contribution in [0.3, 0.4) is 0 Å². The summed E-state index contributed by atoms with van der Waals surface area (Å²) in [7, 11) is 0. The van der Waals surface area contributed by atoms with E-state index in [0.29, 0.717) is 0 Å². The molecule has 95 heavy (non-hydrogen) atoms. The molecule has 0 aromatic carbocycles. The molecule has 0 aromatic heterocycles. The van der Waals surface area contributed by atoms with E-state index in [9.17, 15) is 24.0 Å². The van der Waals surface area contributed by atoms with Crippen LogP contribution in [0.1, 0.15) is 468 Å². The molecular formula is C85H176O10. The lowest BCUT2D eigenvalue weighted by Gasteiger charge is -2.35. The minimum atomic E-state index is -0.354. The first-order valence-corrected chi connectivity index (χ1v) is 36.7. The molecule has 10 heteroatoms. The van der Waals surface area contributed by atoms with Crippen LogP contribution in [0.15, 0.2) is 0 Å². The third-order valence-electron chi connectivity index (χ3n) is 21.7. The van der Waals surface area contributed by atoms with E-state index in [1.54, 1.807) is 0 Å². The lowest BCUT2D eigenvalue weighted by atomic mass is 9.87. The van der Waals surface area contributed by atoms with Crippen molar-refractivity contribution in [3.8, 4) is 0 Å². The van der Waals surface area contributed by atoms with Gasteiger partial charge in [-0.2, -0.15) is 0 Å². The molecule has 5 fully saturated rings. The summed E-state index contributed by atoms with van der Waals surface area (Å²) < 4.78 is 29.2. The van der Waals surface area contributed by atoms with Crippen molar-refractivity contribution in [2.75, 3.05) is 0 Å². The number of hydrogen-bond donors (Lipinski definition) is 0. The standard InChI is InChI=1S/C19H36O2.C17H32O2.C15H28O2.C14H26O2.C12H22O2.8CH4/c1-5-18(2,3)17(20)21-19(4)15-13-11-9-7-6-8-10-12-14-16-19;1-5-16(2,3)15(18)19-17(4)13-11-9-7-6-8-10-12-14-17;1-5-14(3,4)13(16)17-15(6-2)11-9-7-8-10-12-15;1-5-13(2,3)12(15)16-14(4)10-8-6-7-9-11-14;1-5-11(2,3)10(13)14-12(4)8-6-7-9-12;;;;;;;;/h5-16H2,1-4H3;5-14H2,1-4H3;5-12H2,1-4H3;5-11H2,1-4H3;5-9H2,1-4H3;8*1H4. The summed E-state index contributed by atoms with van der Waals surface area (Å²) >= 11 is 0. The third-order valence-corrected chi connectivity index (χ3v) is 21.7. The first kappa shape index (κ1) is 108. The van der Waals surface area contributed by atoms with Crippen LogP contribution in [0.25, 0.3) is 0 Å². The molecule has 0 unspecified atom stereocenters. The normalized spacial score (nSPS) is 19.5. The average Bonchev–Trinajstić information content (AvgIpc) is 1.79. The Balaban J connectivity index is -0.000000163. The van der Waals surface area contributed by atoms with Gasteiger partial charge in [-0.25, -0.2) is 0 Å². The van der Waals surface area contributed by atoms with Gasteiger partial charge in [-0.3, -0.25) is 24.0 Å². The highest BCUT2D eigenvalue weighted by Crippen LogP contribution is 2.39. The van der Waals surface area contributed by atoms with Gasteiger partial charge < -0.3 is 23.7 Å². The fraction of sp³-hybridized carbons (Fsp3) is 0.941. The van der Waals surface area contributed by atoms with Crippen molar-refractivity contribution >= 4 is 29.8 Å². The smallest absolute Gasteiger partial charge is 0.312 e. The van der Waals surface area contributed by atoms with Crippen LogP contribution in [0.5, 0.6) is 0 Å². The summed E-state index contributed by atoms with van der Waals surface area (Å²) in [6.07, 6.45) is 48.5. The number of ether oxygens (including phenoxy) is 5. The number of hydrogen-bond acceptors (Lipinski definition) is 10. The van der Waals surface area contributed by atoms with E-state index in [2.05, 4.69) is 48.5 Å². The first-order chi connectivity index (χ1) is 40.5. The zero-order chi connectivity index (χ0) is 66.1. The molecule has 0 N–H and O–H groups in total. The lowest BCUT2D eigenvalue weighted by Crippen LogP contribution is -2.39. The zero-order valence-electron chi connectivity index (χ0n) is 61.3. The Kier molecular flexibility index (Phi) is 59.7. The Morgan fingerprint density at radius 3 is 0.505 bits per heavy atom. The van der Waals surface area contributed by atoms with Crippen LogP contribution in [0, 0.1) is 27.1 Å². The maximum absolute atomic E-state index is 12.4. The minimum Gasteiger partial charge on any atom is -0.459 e. The van der Waals surface area contributed by atoms with E-state index < -0.39 is 0 Å². The molecule has 5 aliphatic carbocycles. The van der Waals surface area contributed by atoms with Crippen LogP contribution in [0.4, 0.5) is 0 Å². The topological polar surface area (TPSA) is 132 Å². The Hall–Kier alpha value is -2.65. The second-order valence-corrected chi connectivity index (χ2v) is 32.2. The van der Waals surface area contributed by atoms with Crippen molar-refractivity contribution in [1.82, 2.24) is 0 Å². The average molecular weight is 1360 g/mol. The molecule has 5 aliphatic rings. The van der Waals surface area contributed by atoms with Gasteiger partial charge in [-0.15, -0.1) is 0 Å². The highest BCUT2D eigenvalue weighted by Gasteiger charge is 2.41. The number of esters is 5. The quantitative estimate of drug-likeness (QED) is 0.0836. The van der Waals surface area contributed by atoms with Gasteiger partial charge in [0, 0.05) is 0 Å². The maximum Gasteiger partial charge on any atom is 0.312 e. The predicted molar refractivity (Wildman–Crippen MR) is 418 cm³/mol. The Morgan fingerprint density at radius 2 is 0.358 bits per heavy atom. The van der Waals surface area contributed by atoms with E-state index in [-0.39, 0.29) is 144 Å². The molecule has 0 amide bonds. The molecule has 0 atom stereocenters. The summed E-state index contributed by atoms with van der Waals surface area (Å²) in [6.45, 7) is 40.6. The summed E-state index contributed by atoms with van der Waals surface area (Å²) in [5, 5.41) is 0. The van der Waals surface area contributed by atoms with Gasteiger partial charge in [0.25, 0.3) is 0 Å². The molecule has 0 bridgehead atoms. The van der Waals surface area contributed by atoms with E-state index in [1.165, 1.54) is 167 Å². The molecular weight excluding hydrogens is 1180 g/mol. The minimum absolute atomic E-state index is 0. The molecule has 10 nitrogen and oxygen atoms in total. The molecule has 0 saturated heterocycles. The van der Waals surface area contributed by atoms with Gasteiger partial charge in [0.1, 0.15) is 28.0 Å². The van der Waals surface area contributed by atoms with Crippen molar-refractivity contribution < 1.29 is 47.7 Å². The fourth-order valence-corrected chi connectivity index (χ4v) is 11.8. The van der Waals surface area contributed by atoms with E-state index >= 15 is 0 Å². The van der Waals surface area contributed by atoms with Crippen molar-refractivity contribution in [3.05, 3.63) is 0 Å². The van der Waals surface area contributed by atoms with E-state index in [4.69, 9.17) is 23.7 Å². The van der Waals surface area contributed by atoms with Gasteiger partial charge in [0.2, 0.25) is 0 Å². The molecule has 0 aliphatic heterocycles. The van der Waals surface area contributed by atoms with Gasteiger partial charge in [-0.05, 0) is 264 Å². The summed E-state index contributed by atoms with van der Waals surface area (Å²) in [6, 6.07) is 0. The van der Waals surface area contributed by atoms with Crippen molar-refractivity contribution in [2.24, 2.45) is 27.1 Å². The van der Waals surface area contributed by atoms with Crippen LogP contribution >= 0.6 is 0 Å².